The van der Waals surface area contributed by atoms with E-state index in [1.54, 1.807) is 50.2 Å². The number of carbonyl (C=O) groups is 3. The number of nitrogens with one attached hydrogen (secondary N) is 3. The summed E-state index contributed by atoms with van der Waals surface area (Å²) in [4.78, 5) is 71.0. The Balaban J connectivity index is 0.900. The highest BCUT2D eigenvalue weighted by Gasteiger charge is 2.46. The molecule has 0 radical (unpaired) electrons. The Hall–Kier alpha value is -6.21. The SMILES string of the molecule is CC[C@@H](C)C(=O)N[C@H](C(=O)N1C[C@@H](Oc2cnc(N3CCN(CCOc4cc5ncnc(NC6=NCC(C)=C6C)c5cc4S(=O)(=O)C(C)(C)C)CC3)nc2)C[C@H]1C(=O)N[C@@H]1CCCc2ccccc21)C(C)(C)C. The van der Waals surface area contributed by atoms with Crippen LogP contribution in [-0.4, -0.2) is 137 Å². The summed E-state index contributed by atoms with van der Waals surface area (Å²) in [6.45, 7) is 22.8. The van der Waals surface area contributed by atoms with E-state index in [1.165, 1.54) is 11.9 Å². The monoisotopic (exact) mass is 1020 g/mol. The number of hydrogen-bond acceptors (Lipinski definition) is 15. The van der Waals surface area contributed by atoms with Crippen LogP contribution in [0.1, 0.15) is 112 Å². The highest BCUT2D eigenvalue weighted by Crippen LogP contribution is 2.38. The van der Waals surface area contributed by atoms with Crippen LogP contribution in [0.2, 0.25) is 0 Å². The lowest BCUT2D eigenvalue weighted by Gasteiger charge is -2.36. The van der Waals surface area contributed by atoms with Gasteiger partial charge in [0, 0.05) is 56.5 Å². The smallest absolute Gasteiger partial charge is 0.246 e. The van der Waals surface area contributed by atoms with E-state index in [9.17, 15) is 22.8 Å². The molecular formula is C54H73N11O7S. The first-order valence-corrected chi connectivity index (χ1v) is 27.2. The highest BCUT2D eigenvalue weighted by atomic mass is 32.2. The molecule has 2 aromatic heterocycles. The van der Waals surface area contributed by atoms with E-state index in [2.05, 4.69) is 62.8 Å². The number of likely N-dealkylation sites (tertiary alicyclic amines) is 1. The minimum atomic E-state index is -3.84. The molecule has 19 heteroatoms. The Morgan fingerprint density at radius 3 is 2.34 bits per heavy atom. The van der Waals surface area contributed by atoms with Crippen LogP contribution in [0, 0.1) is 11.3 Å². The number of nitrogens with zero attached hydrogens (tertiary/aromatic N) is 8. The van der Waals surface area contributed by atoms with Gasteiger partial charge in [-0.15, -0.1) is 0 Å². The van der Waals surface area contributed by atoms with Crippen LogP contribution < -0.4 is 30.3 Å². The zero-order valence-corrected chi connectivity index (χ0v) is 44.9. The average Bonchev–Trinajstić information content (AvgIpc) is 3.93. The average molecular weight is 1020 g/mol. The molecule has 0 bridgehead atoms. The molecule has 73 heavy (non-hydrogen) atoms. The third kappa shape index (κ3) is 11.8. The van der Waals surface area contributed by atoms with Gasteiger partial charge in [-0.1, -0.05) is 58.9 Å². The number of hydrogen-bond donors (Lipinski definition) is 3. The molecule has 3 aliphatic heterocycles. The van der Waals surface area contributed by atoms with Gasteiger partial charge in [-0.05, 0) is 94.1 Å². The Morgan fingerprint density at radius 2 is 1.67 bits per heavy atom. The van der Waals surface area contributed by atoms with Crippen molar-refractivity contribution in [2.24, 2.45) is 16.3 Å². The van der Waals surface area contributed by atoms with Crippen LogP contribution in [0.3, 0.4) is 0 Å². The predicted octanol–water partition coefficient (Wildman–Crippen LogP) is 6.47. The van der Waals surface area contributed by atoms with Crippen molar-refractivity contribution >= 4 is 56.1 Å². The van der Waals surface area contributed by atoms with Crippen LogP contribution in [0.25, 0.3) is 10.9 Å². The fourth-order valence-corrected chi connectivity index (χ4v) is 11.0. The van der Waals surface area contributed by atoms with Crippen LogP contribution in [0.15, 0.2) is 76.2 Å². The number of aromatic nitrogens is 4. The number of amidine groups is 1. The fraction of sp³-hybridized carbons (Fsp3) is 0.556. The molecule has 18 nitrogen and oxygen atoms in total. The number of aryl methyl sites for hydroxylation is 1. The van der Waals surface area contributed by atoms with E-state index in [4.69, 9.17) is 9.47 Å². The molecule has 0 saturated carbocycles. The lowest BCUT2D eigenvalue weighted by molar-refractivity contribution is -0.144. The van der Waals surface area contributed by atoms with Gasteiger partial charge in [0.25, 0.3) is 0 Å². The maximum atomic E-state index is 14.6. The minimum absolute atomic E-state index is 0.0819. The van der Waals surface area contributed by atoms with E-state index in [0.29, 0.717) is 79.9 Å². The molecule has 2 fully saturated rings. The van der Waals surface area contributed by atoms with Crippen molar-refractivity contribution in [2.45, 2.75) is 135 Å². The van der Waals surface area contributed by atoms with Crippen LogP contribution in [0.5, 0.6) is 11.5 Å². The van der Waals surface area contributed by atoms with Crippen molar-refractivity contribution in [3.8, 4) is 11.5 Å². The Labute approximate surface area is 430 Å². The molecule has 4 aromatic rings. The van der Waals surface area contributed by atoms with E-state index >= 15 is 0 Å². The maximum Gasteiger partial charge on any atom is 0.246 e. The molecule has 1 aliphatic carbocycles. The number of amides is 3. The van der Waals surface area contributed by atoms with Crippen molar-refractivity contribution in [1.29, 1.82) is 0 Å². The summed E-state index contributed by atoms with van der Waals surface area (Å²) in [6, 6.07) is 9.62. The lowest BCUT2D eigenvalue weighted by atomic mass is 9.85. The minimum Gasteiger partial charge on any atom is -0.491 e. The molecule has 5 heterocycles. The van der Waals surface area contributed by atoms with E-state index < -0.39 is 38.2 Å². The quantitative estimate of drug-likeness (QED) is 0.116. The molecule has 392 valence electrons. The number of anilines is 2. The second-order valence-corrected chi connectivity index (χ2v) is 24.7. The van der Waals surface area contributed by atoms with Gasteiger partial charge in [-0.3, -0.25) is 24.3 Å². The molecule has 4 aliphatic rings. The van der Waals surface area contributed by atoms with Crippen LogP contribution in [-0.2, 0) is 30.6 Å². The number of sulfone groups is 1. The van der Waals surface area contributed by atoms with Gasteiger partial charge in [-0.25, -0.2) is 28.4 Å². The fourth-order valence-electron chi connectivity index (χ4n) is 9.71. The second-order valence-electron chi connectivity index (χ2n) is 22.0. The normalized spacial score (nSPS) is 20.6. The van der Waals surface area contributed by atoms with Crippen molar-refractivity contribution < 1.29 is 32.3 Å². The maximum absolute atomic E-state index is 14.6. The van der Waals surface area contributed by atoms with E-state index in [1.807, 2.05) is 60.6 Å². The topological polar surface area (TPSA) is 214 Å². The zero-order chi connectivity index (χ0) is 52.4. The van der Waals surface area contributed by atoms with Crippen LogP contribution in [0.4, 0.5) is 11.8 Å². The molecular weight excluding hydrogens is 947 g/mol. The molecule has 8 rings (SSSR count). The Kier molecular flexibility index (Phi) is 15.8. The third-order valence-corrected chi connectivity index (χ3v) is 17.2. The van der Waals surface area contributed by atoms with Gasteiger partial charge < -0.3 is 35.2 Å². The first-order valence-electron chi connectivity index (χ1n) is 25.7. The van der Waals surface area contributed by atoms with Crippen molar-refractivity contribution in [2.75, 3.05) is 62.6 Å². The molecule has 0 unspecified atom stereocenters. The van der Waals surface area contributed by atoms with Gasteiger partial charge in [0.2, 0.25) is 23.7 Å². The number of fused-ring (bicyclic) bond motifs is 2. The number of piperazine rings is 1. The third-order valence-electron chi connectivity index (χ3n) is 14.7. The molecule has 2 aromatic carbocycles. The highest BCUT2D eigenvalue weighted by molar-refractivity contribution is 7.92. The predicted molar refractivity (Wildman–Crippen MR) is 283 cm³/mol. The largest absolute Gasteiger partial charge is 0.491 e. The number of carbonyl (C=O) groups excluding carboxylic acids is 3. The second kappa shape index (κ2) is 21.7. The number of benzene rings is 2. The summed E-state index contributed by atoms with van der Waals surface area (Å²) < 4.78 is 39.7. The Bertz CT molecular complexity index is 2870. The Morgan fingerprint density at radius 1 is 0.945 bits per heavy atom. The molecule has 0 spiro atoms. The van der Waals surface area contributed by atoms with Crippen LogP contribution >= 0.6 is 0 Å². The van der Waals surface area contributed by atoms with Crippen molar-refractivity contribution in [1.82, 2.24) is 40.4 Å². The summed E-state index contributed by atoms with van der Waals surface area (Å²) in [7, 11) is -3.84. The molecule has 2 saturated heterocycles. The summed E-state index contributed by atoms with van der Waals surface area (Å²) in [5.41, 5.74) is 4.42. The molecule has 5 atom stereocenters. The van der Waals surface area contributed by atoms with Gasteiger partial charge in [0.05, 0.1) is 41.8 Å². The number of rotatable bonds is 15. The van der Waals surface area contributed by atoms with E-state index in [-0.39, 0.29) is 59.9 Å². The van der Waals surface area contributed by atoms with Gasteiger partial charge >= 0.3 is 0 Å². The molecule has 3 amide bonds. The first-order chi connectivity index (χ1) is 34.6. The van der Waals surface area contributed by atoms with Crippen molar-refractivity contribution in [3.05, 3.63) is 77.4 Å². The summed E-state index contributed by atoms with van der Waals surface area (Å²) in [5, 5.41) is 10.2. The number of aliphatic imine (C=N–C) groups is 1. The number of ether oxygens (including phenoxy) is 2. The van der Waals surface area contributed by atoms with Crippen molar-refractivity contribution in [3.63, 3.8) is 0 Å². The zero-order valence-electron chi connectivity index (χ0n) is 44.1. The first kappa shape index (κ1) is 53.1. The standard InChI is InChI=1S/C54H73N11O7S/c1-11-33(2)49(66)61-46(53(5,6)7)51(68)65-31-37(25-43(65)50(67)60-41-18-14-16-36-15-12-13-17-39(36)41)72-38-29-56-52(57-30-38)64-21-19-63(20-22-64)23-24-71-44-27-42-40(26-45(44)73(69,70)54(8,9)10)48(59-32-58-42)62-47-35(4)34(3)28-55-47/h12-13,15,17,26-27,29-30,32-33,37,41,43,46H,11,14,16,18-25,28,31H2,1-10H3,(H,60,67)(H,61,66)(H,55,58,59,62)/t33-,37+,41-,43+,46-/m1/s1. The van der Waals surface area contributed by atoms with Gasteiger partial charge in [-0.2, -0.15) is 0 Å². The lowest BCUT2D eigenvalue weighted by Crippen LogP contribution is -2.58. The summed E-state index contributed by atoms with van der Waals surface area (Å²) >= 11 is 0. The summed E-state index contributed by atoms with van der Waals surface area (Å²) in [6.07, 6.45) is 7.76. The van der Waals surface area contributed by atoms with E-state index in [0.717, 1.165) is 36.0 Å². The van der Waals surface area contributed by atoms with Gasteiger partial charge in [0.15, 0.2) is 15.6 Å². The summed E-state index contributed by atoms with van der Waals surface area (Å²) in [5.74, 6) is 1.34. The van der Waals surface area contributed by atoms with Gasteiger partial charge in [0.1, 0.15) is 53.4 Å². The molecule has 3 N–H and O–H groups in total.